The Labute approximate surface area is 150 Å². The maximum atomic E-state index is 11.8. The number of benzene rings is 1. The summed E-state index contributed by atoms with van der Waals surface area (Å²) in [5, 5.41) is 3.41. The summed E-state index contributed by atoms with van der Waals surface area (Å²) in [5.41, 5.74) is 3.38. The van der Waals surface area contributed by atoms with Crippen molar-refractivity contribution in [2.45, 2.75) is 37.1 Å². The summed E-state index contributed by atoms with van der Waals surface area (Å²) in [6.07, 6.45) is 8.02. The molecule has 25 heavy (non-hydrogen) atoms. The lowest BCUT2D eigenvalue weighted by Crippen LogP contribution is -2.41. The summed E-state index contributed by atoms with van der Waals surface area (Å²) in [7, 11) is -3.19. The van der Waals surface area contributed by atoms with Gasteiger partial charge in [0.1, 0.15) is 0 Å². The van der Waals surface area contributed by atoms with Gasteiger partial charge in [-0.25, -0.2) is 8.42 Å². The van der Waals surface area contributed by atoms with Crippen LogP contribution in [0.25, 0.3) is 0 Å². The van der Waals surface area contributed by atoms with E-state index >= 15 is 0 Å². The molecule has 2 aromatic rings. The third-order valence-electron chi connectivity index (χ3n) is 4.74. The minimum Gasteiger partial charge on any atom is -0.337 e. The first-order valence-electron chi connectivity index (χ1n) is 8.73. The van der Waals surface area contributed by atoms with Gasteiger partial charge in [-0.2, -0.15) is 0 Å². The Hall–Kier alpha value is -1.92. The van der Waals surface area contributed by atoms with E-state index in [0.29, 0.717) is 10.9 Å². The number of rotatable bonds is 5. The maximum Gasteiger partial charge on any atom is 0.175 e. The average molecular weight is 359 g/mol. The zero-order valence-corrected chi connectivity index (χ0v) is 15.6. The lowest BCUT2D eigenvalue weighted by Gasteiger charge is -2.37. The molecule has 1 aromatic heterocycles. The fraction of sp³-hybridized carbons (Fsp3) is 0.421. The first-order chi connectivity index (χ1) is 12.0. The van der Waals surface area contributed by atoms with E-state index in [0.717, 1.165) is 43.7 Å². The molecule has 2 heterocycles. The maximum absolute atomic E-state index is 11.8. The Balaban J connectivity index is 2.04. The summed E-state index contributed by atoms with van der Waals surface area (Å²) in [6, 6.07) is 9.64. The van der Waals surface area contributed by atoms with Crippen LogP contribution in [0, 0.1) is 0 Å². The molecule has 5 nitrogen and oxygen atoms in total. The lowest BCUT2D eigenvalue weighted by atomic mass is 10.0. The number of pyridine rings is 1. The highest BCUT2D eigenvalue weighted by Crippen LogP contribution is 2.33. The number of hydrogen-bond donors (Lipinski definition) is 1. The van der Waals surface area contributed by atoms with Crippen molar-refractivity contribution in [3.05, 3.63) is 48.3 Å². The SMILES string of the molecule is CCc1ccncc1N(c1ccc(S(C)(=O)=O)cc1)C1CCNCC1. The van der Waals surface area contributed by atoms with Crippen molar-refractivity contribution in [1.82, 2.24) is 10.3 Å². The summed E-state index contributed by atoms with van der Waals surface area (Å²) in [6.45, 7) is 4.13. The smallest absolute Gasteiger partial charge is 0.175 e. The van der Waals surface area contributed by atoms with Gasteiger partial charge in [-0.15, -0.1) is 0 Å². The van der Waals surface area contributed by atoms with Crippen LogP contribution in [-0.4, -0.2) is 38.8 Å². The van der Waals surface area contributed by atoms with Gasteiger partial charge in [-0.1, -0.05) is 6.92 Å². The van der Waals surface area contributed by atoms with E-state index in [1.165, 1.54) is 11.8 Å². The highest BCUT2D eigenvalue weighted by atomic mass is 32.2. The van der Waals surface area contributed by atoms with Crippen molar-refractivity contribution < 1.29 is 8.42 Å². The molecule has 0 atom stereocenters. The Morgan fingerprint density at radius 3 is 2.44 bits per heavy atom. The molecule has 0 spiro atoms. The van der Waals surface area contributed by atoms with Gasteiger partial charge in [0.2, 0.25) is 0 Å². The molecule has 6 heteroatoms. The Morgan fingerprint density at radius 1 is 1.16 bits per heavy atom. The topological polar surface area (TPSA) is 62.3 Å². The van der Waals surface area contributed by atoms with Gasteiger partial charge in [-0.3, -0.25) is 4.98 Å². The fourth-order valence-corrected chi connectivity index (χ4v) is 4.03. The molecule has 1 aliphatic rings. The normalized spacial score (nSPS) is 15.9. The number of sulfone groups is 1. The number of anilines is 2. The van der Waals surface area contributed by atoms with E-state index in [-0.39, 0.29) is 0 Å². The summed E-state index contributed by atoms with van der Waals surface area (Å²) < 4.78 is 23.5. The van der Waals surface area contributed by atoms with Crippen LogP contribution in [-0.2, 0) is 16.3 Å². The first kappa shape index (κ1) is 17.9. The van der Waals surface area contributed by atoms with Crippen LogP contribution in [0.3, 0.4) is 0 Å². The van der Waals surface area contributed by atoms with Crippen LogP contribution >= 0.6 is 0 Å². The second-order valence-electron chi connectivity index (χ2n) is 6.48. The van der Waals surface area contributed by atoms with Crippen LogP contribution in [0.4, 0.5) is 11.4 Å². The molecule has 1 aliphatic heterocycles. The van der Waals surface area contributed by atoms with Gasteiger partial charge in [0, 0.05) is 24.2 Å². The molecule has 0 bridgehead atoms. The van der Waals surface area contributed by atoms with Crippen LogP contribution in [0.5, 0.6) is 0 Å². The monoisotopic (exact) mass is 359 g/mol. The van der Waals surface area contributed by atoms with Crippen molar-refractivity contribution in [2.24, 2.45) is 0 Å². The highest BCUT2D eigenvalue weighted by molar-refractivity contribution is 7.90. The van der Waals surface area contributed by atoms with E-state index in [4.69, 9.17) is 0 Å². The molecule has 0 radical (unpaired) electrons. The largest absolute Gasteiger partial charge is 0.337 e. The molecule has 3 rings (SSSR count). The lowest BCUT2D eigenvalue weighted by molar-refractivity contribution is 0.451. The number of piperidine rings is 1. The zero-order chi connectivity index (χ0) is 17.9. The van der Waals surface area contributed by atoms with Crippen molar-refractivity contribution in [1.29, 1.82) is 0 Å². The number of aromatic nitrogens is 1. The molecule has 0 saturated carbocycles. The van der Waals surface area contributed by atoms with Crippen molar-refractivity contribution in [2.75, 3.05) is 24.2 Å². The fourth-order valence-electron chi connectivity index (χ4n) is 3.40. The molecule has 0 unspecified atom stereocenters. The van der Waals surface area contributed by atoms with Gasteiger partial charge in [-0.05, 0) is 68.2 Å². The van der Waals surface area contributed by atoms with E-state index in [1.54, 1.807) is 12.1 Å². The highest BCUT2D eigenvalue weighted by Gasteiger charge is 2.24. The predicted octanol–water partition coefficient (Wildman–Crippen LogP) is 2.94. The van der Waals surface area contributed by atoms with Gasteiger partial charge in [0.05, 0.1) is 16.8 Å². The molecular weight excluding hydrogens is 334 g/mol. The third kappa shape index (κ3) is 4.02. The van der Waals surface area contributed by atoms with Crippen LogP contribution in [0.2, 0.25) is 0 Å². The van der Waals surface area contributed by atoms with Crippen molar-refractivity contribution >= 4 is 21.2 Å². The standard InChI is InChI=1S/C19H25N3O2S/c1-3-15-8-11-21-14-19(15)22(17-9-12-20-13-10-17)16-4-6-18(7-5-16)25(2,23)24/h4-8,11,14,17,20H,3,9-10,12-13H2,1-2H3. The quantitative estimate of drug-likeness (QED) is 0.889. The van der Waals surface area contributed by atoms with Gasteiger partial charge >= 0.3 is 0 Å². The van der Waals surface area contributed by atoms with Gasteiger partial charge in [0.25, 0.3) is 0 Å². The molecule has 1 fully saturated rings. The van der Waals surface area contributed by atoms with E-state index in [1.807, 2.05) is 24.5 Å². The van der Waals surface area contributed by atoms with Crippen LogP contribution in [0.1, 0.15) is 25.3 Å². The minimum absolute atomic E-state index is 0.350. The van der Waals surface area contributed by atoms with Crippen LogP contribution < -0.4 is 10.2 Å². The number of aryl methyl sites for hydroxylation is 1. The second kappa shape index (κ2) is 7.54. The van der Waals surface area contributed by atoms with E-state index in [2.05, 4.69) is 28.2 Å². The van der Waals surface area contributed by atoms with Crippen molar-refractivity contribution in [3.63, 3.8) is 0 Å². The number of nitrogens with one attached hydrogen (secondary N) is 1. The number of hydrogen-bond acceptors (Lipinski definition) is 5. The van der Waals surface area contributed by atoms with E-state index in [9.17, 15) is 8.42 Å². The second-order valence-corrected chi connectivity index (χ2v) is 8.49. The van der Waals surface area contributed by atoms with Crippen molar-refractivity contribution in [3.8, 4) is 0 Å². The summed E-state index contributed by atoms with van der Waals surface area (Å²) >= 11 is 0. The molecule has 0 aliphatic carbocycles. The molecule has 134 valence electrons. The predicted molar refractivity (Wildman–Crippen MR) is 101 cm³/mol. The van der Waals surface area contributed by atoms with Gasteiger partial charge in [0.15, 0.2) is 9.84 Å². The number of nitrogens with zero attached hydrogens (tertiary/aromatic N) is 2. The minimum atomic E-state index is -3.19. The first-order valence-corrected chi connectivity index (χ1v) is 10.6. The van der Waals surface area contributed by atoms with Gasteiger partial charge < -0.3 is 10.2 Å². The summed E-state index contributed by atoms with van der Waals surface area (Å²) in [5.74, 6) is 0. The molecule has 1 saturated heterocycles. The van der Waals surface area contributed by atoms with E-state index < -0.39 is 9.84 Å². The molecular formula is C19H25N3O2S. The molecule has 1 N–H and O–H groups in total. The Kier molecular flexibility index (Phi) is 5.39. The average Bonchev–Trinajstić information content (AvgIpc) is 2.63. The Morgan fingerprint density at radius 2 is 1.84 bits per heavy atom. The molecule has 0 amide bonds. The summed E-state index contributed by atoms with van der Waals surface area (Å²) in [4.78, 5) is 7.02. The van der Waals surface area contributed by atoms with Crippen LogP contribution in [0.15, 0.2) is 47.6 Å². The third-order valence-corrected chi connectivity index (χ3v) is 5.87. The molecule has 1 aromatic carbocycles. The zero-order valence-electron chi connectivity index (χ0n) is 14.8. The Bertz CT molecular complexity index is 813.